The van der Waals surface area contributed by atoms with E-state index < -0.39 is 10.9 Å². The first-order valence-corrected chi connectivity index (χ1v) is 21.1. The molecule has 1 N–H and O–H groups in total. The van der Waals surface area contributed by atoms with E-state index in [1.165, 1.54) is 32.1 Å². The van der Waals surface area contributed by atoms with E-state index in [-0.39, 0.29) is 18.0 Å². The second kappa shape index (κ2) is 31.1. The van der Waals surface area contributed by atoms with Gasteiger partial charge in [0.05, 0.1) is 6.61 Å². The summed E-state index contributed by atoms with van der Waals surface area (Å²) >= 11 is 0. The van der Waals surface area contributed by atoms with Crippen molar-refractivity contribution in [2.24, 2.45) is 0 Å². The van der Waals surface area contributed by atoms with Crippen LogP contribution in [0, 0.1) is 0 Å². The first-order valence-electron chi connectivity index (χ1n) is 21.1. The smallest absolute Gasteiger partial charge is 0.306 e. The summed E-state index contributed by atoms with van der Waals surface area (Å²) in [5, 5.41) is 3.21. The molecule has 1 atom stereocenters. The molecule has 1 aromatic carbocycles. The maximum atomic E-state index is 12.5. The number of carbonyl (C=O) groups excluding carboxylic acids is 2. The lowest BCUT2D eigenvalue weighted by Gasteiger charge is -2.23. The van der Waals surface area contributed by atoms with Crippen molar-refractivity contribution in [3.8, 4) is 0 Å². The first-order chi connectivity index (χ1) is 24.7. The maximum absolute atomic E-state index is 12.5. The van der Waals surface area contributed by atoms with Crippen molar-refractivity contribution in [3.05, 3.63) is 20.4 Å². The maximum Gasteiger partial charge on any atom is 0.306 e. The van der Waals surface area contributed by atoms with Gasteiger partial charge in [-0.25, -0.2) is 0 Å². The Kier molecular flexibility index (Phi) is 28.5. The van der Waals surface area contributed by atoms with Crippen LogP contribution in [0.15, 0.2) is 9.59 Å². The molecule has 9 heteroatoms. The minimum atomic E-state index is -0.414. The van der Waals surface area contributed by atoms with E-state index in [2.05, 4.69) is 31.0 Å². The number of hydrogen-bond donors (Lipinski definition) is 1. The van der Waals surface area contributed by atoms with Gasteiger partial charge in [0.25, 0.3) is 10.9 Å². The number of nitrogens with zero attached hydrogens (tertiary/aromatic N) is 2. The van der Waals surface area contributed by atoms with E-state index in [1.54, 1.807) is 19.0 Å². The zero-order valence-corrected chi connectivity index (χ0v) is 33.6. The lowest BCUT2D eigenvalue weighted by atomic mass is 10.1. The van der Waals surface area contributed by atoms with Gasteiger partial charge in [-0.3, -0.25) is 19.2 Å². The number of esters is 2. The lowest BCUT2D eigenvalue weighted by Crippen LogP contribution is -2.40. The van der Waals surface area contributed by atoms with Crippen molar-refractivity contribution in [1.82, 2.24) is 4.90 Å². The van der Waals surface area contributed by atoms with Crippen molar-refractivity contribution < 1.29 is 19.1 Å². The number of rotatable bonds is 36. The molecule has 0 aliphatic heterocycles. The zero-order chi connectivity index (χ0) is 37.5. The van der Waals surface area contributed by atoms with Gasteiger partial charge in [0.15, 0.2) is 0 Å². The second-order valence-electron chi connectivity index (χ2n) is 14.8. The molecule has 0 heterocycles. The third kappa shape index (κ3) is 23.0. The van der Waals surface area contributed by atoms with Crippen LogP contribution in [-0.4, -0.2) is 69.8 Å². The second-order valence-corrected chi connectivity index (χ2v) is 14.8. The molecule has 1 rings (SSSR count). The predicted octanol–water partition coefficient (Wildman–Crippen LogP) is 9.33. The van der Waals surface area contributed by atoms with Crippen molar-refractivity contribution in [2.75, 3.05) is 57.1 Å². The molecule has 0 spiro atoms. The van der Waals surface area contributed by atoms with Gasteiger partial charge in [0, 0.05) is 33.5 Å². The van der Waals surface area contributed by atoms with Gasteiger partial charge in [-0.2, -0.15) is 0 Å². The average Bonchev–Trinajstić information content (AvgIpc) is 3.11. The number of carbonyl (C=O) groups is 2. The Morgan fingerprint density at radius 3 is 1.73 bits per heavy atom. The molecule has 9 nitrogen and oxygen atoms in total. The van der Waals surface area contributed by atoms with E-state index in [0.29, 0.717) is 37.4 Å². The number of anilines is 2. The van der Waals surface area contributed by atoms with E-state index in [0.717, 1.165) is 135 Å². The third-order valence-corrected chi connectivity index (χ3v) is 9.81. The quantitative estimate of drug-likeness (QED) is 0.0413. The Labute approximate surface area is 311 Å². The normalized spacial score (nSPS) is 12.0. The Hall–Kier alpha value is -2.42. The standard InChI is InChI=1S/C42H77N3O6/c1-6-9-12-19-25-35-50-37(46)29-21-15-13-17-23-32-45(34-26-31-43-39-40(44(4)5)42(49)41(39)48)33-24-18-14-16-22-30-38(47)51-36(27-11-8-3)28-20-10-7-2/h36,43H,6-35H2,1-5H3. The van der Waals surface area contributed by atoms with E-state index >= 15 is 0 Å². The largest absolute Gasteiger partial charge is 0.466 e. The fourth-order valence-electron chi connectivity index (χ4n) is 6.62. The minimum Gasteiger partial charge on any atom is -0.466 e. The highest BCUT2D eigenvalue weighted by atomic mass is 16.5. The highest BCUT2D eigenvalue weighted by molar-refractivity contribution is 5.74. The van der Waals surface area contributed by atoms with Crippen molar-refractivity contribution in [3.63, 3.8) is 0 Å². The van der Waals surface area contributed by atoms with Gasteiger partial charge in [-0.05, 0) is 77.4 Å². The molecule has 0 bridgehead atoms. The van der Waals surface area contributed by atoms with Crippen LogP contribution < -0.4 is 21.1 Å². The number of ether oxygens (including phenoxy) is 2. The summed E-state index contributed by atoms with van der Waals surface area (Å²) < 4.78 is 11.2. The molecule has 0 fully saturated rings. The summed E-state index contributed by atoms with van der Waals surface area (Å²) in [5.74, 6) is -0.0811. The fraction of sp³-hybridized carbons (Fsp3) is 0.857. The van der Waals surface area contributed by atoms with Gasteiger partial charge >= 0.3 is 11.9 Å². The lowest BCUT2D eigenvalue weighted by molar-refractivity contribution is -0.150. The van der Waals surface area contributed by atoms with Crippen LogP contribution in [0.1, 0.15) is 181 Å². The minimum absolute atomic E-state index is 0.0260. The Morgan fingerprint density at radius 2 is 1.10 bits per heavy atom. The van der Waals surface area contributed by atoms with Gasteiger partial charge in [-0.15, -0.1) is 0 Å². The average molecular weight is 720 g/mol. The molecule has 0 aliphatic carbocycles. The first kappa shape index (κ1) is 46.6. The SMILES string of the molecule is CCCCCCCOC(=O)CCCCCCCN(CCCCCCCC(=O)OC(CCCC)CCCCC)CCCNc1c(N(C)C)c(=O)c1=O. The molecule has 51 heavy (non-hydrogen) atoms. The van der Waals surface area contributed by atoms with Crippen LogP contribution in [0.3, 0.4) is 0 Å². The van der Waals surface area contributed by atoms with E-state index in [1.807, 2.05) is 0 Å². The molecule has 0 aromatic heterocycles. The van der Waals surface area contributed by atoms with Gasteiger partial charge in [-0.1, -0.05) is 111 Å². The van der Waals surface area contributed by atoms with Crippen LogP contribution in [0.2, 0.25) is 0 Å². The molecule has 296 valence electrons. The fourth-order valence-corrected chi connectivity index (χ4v) is 6.62. The number of unbranched alkanes of at least 4 members (excludes halogenated alkanes) is 15. The summed E-state index contributed by atoms with van der Waals surface area (Å²) in [4.78, 5) is 52.7. The summed E-state index contributed by atoms with van der Waals surface area (Å²) in [7, 11) is 3.58. The van der Waals surface area contributed by atoms with Gasteiger partial charge in [0.1, 0.15) is 17.5 Å². The Bertz CT molecular complexity index is 1080. The zero-order valence-electron chi connectivity index (χ0n) is 33.6. The monoisotopic (exact) mass is 720 g/mol. The molecule has 0 amide bonds. The molecule has 1 aromatic rings. The molecular weight excluding hydrogens is 642 g/mol. The van der Waals surface area contributed by atoms with Crippen LogP contribution in [-0.2, 0) is 19.1 Å². The van der Waals surface area contributed by atoms with Crippen LogP contribution >= 0.6 is 0 Å². The molecule has 1 unspecified atom stereocenters. The molecular formula is C42H77N3O6. The van der Waals surface area contributed by atoms with E-state index in [4.69, 9.17) is 9.47 Å². The van der Waals surface area contributed by atoms with Gasteiger partial charge < -0.3 is 24.6 Å². The topological polar surface area (TPSA) is 105 Å². The van der Waals surface area contributed by atoms with Crippen LogP contribution in [0.4, 0.5) is 11.4 Å². The van der Waals surface area contributed by atoms with Crippen LogP contribution in [0.5, 0.6) is 0 Å². The number of nitrogens with one attached hydrogen (secondary N) is 1. The third-order valence-electron chi connectivity index (χ3n) is 9.81. The molecule has 0 radical (unpaired) electrons. The van der Waals surface area contributed by atoms with Crippen molar-refractivity contribution in [2.45, 2.75) is 187 Å². The van der Waals surface area contributed by atoms with Gasteiger partial charge in [0.2, 0.25) is 0 Å². The Balaban J connectivity index is 2.36. The summed E-state index contributed by atoms with van der Waals surface area (Å²) in [6.45, 7) is 10.8. The molecule has 0 saturated carbocycles. The van der Waals surface area contributed by atoms with E-state index in [9.17, 15) is 19.2 Å². The number of hydrogen-bond acceptors (Lipinski definition) is 9. The Morgan fingerprint density at radius 1 is 0.588 bits per heavy atom. The summed E-state index contributed by atoms with van der Waals surface area (Å²) in [6, 6.07) is 0. The summed E-state index contributed by atoms with van der Waals surface area (Å²) in [5.41, 5.74) is 0.102. The molecule has 0 saturated heterocycles. The van der Waals surface area contributed by atoms with Crippen LogP contribution in [0.25, 0.3) is 0 Å². The van der Waals surface area contributed by atoms with Crippen molar-refractivity contribution in [1.29, 1.82) is 0 Å². The highest BCUT2D eigenvalue weighted by Gasteiger charge is 2.22. The van der Waals surface area contributed by atoms with Crippen molar-refractivity contribution >= 4 is 23.3 Å². The molecule has 0 aliphatic rings. The summed E-state index contributed by atoms with van der Waals surface area (Å²) in [6.07, 6.45) is 26.3. The predicted molar refractivity (Wildman–Crippen MR) is 214 cm³/mol. The highest BCUT2D eigenvalue weighted by Crippen LogP contribution is 2.18.